The number of nitrogens with zero attached hydrogens (tertiary/aromatic N) is 6. The lowest BCUT2D eigenvalue weighted by Crippen LogP contribution is -2.38. The van der Waals surface area contributed by atoms with Gasteiger partial charge >= 0.3 is 0 Å². The third-order valence-corrected chi connectivity index (χ3v) is 6.87. The molecular formula is C25H30N6O. The lowest BCUT2D eigenvalue weighted by atomic mass is 9.97. The zero-order valence-electron chi connectivity index (χ0n) is 18.9. The lowest BCUT2D eigenvalue weighted by molar-refractivity contribution is 0.0690. The van der Waals surface area contributed by atoms with Crippen LogP contribution in [0.3, 0.4) is 0 Å². The average molecular weight is 431 g/mol. The molecule has 3 aromatic rings. The van der Waals surface area contributed by atoms with Gasteiger partial charge in [-0.1, -0.05) is 24.3 Å². The molecule has 32 heavy (non-hydrogen) atoms. The number of aromatic nitrogens is 4. The fraction of sp³-hybridized carbons (Fsp3) is 0.440. The predicted octanol–water partition coefficient (Wildman–Crippen LogP) is 3.40. The quantitative estimate of drug-likeness (QED) is 0.635. The van der Waals surface area contributed by atoms with Gasteiger partial charge in [0.25, 0.3) is 5.91 Å². The Balaban J connectivity index is 1.37. The highest BCUT2D eigenvalue weighted by atomic mass is 16.2. The molecule has 5 rings (SSSR count). The van der Waals surface area contributed by atoms with Gasteiger partial charge in [-0.2, -0.15) is 0 Å². The summed E-state index contributed by atoms with van der Waals surface area (Å²) in [4.78, 5) is 21.6. The van der Waals surface area contributed by atoms with Crippen molar-refractivity contribution in [1.82, 2.24) is 29.8 Å². The predicted molar refractivity (Wildman–Crippen MR) is 122 cm³/mol. The molecule has 0 unspecified atom stereocenters. The van der Waals surface area contributed by atoms with Crippen LogP contribution >= 0.6 is 0 Å². The Morgan fingerprint density at radius 3 is 2.66 bits per heavy atom. The van der Waals surface area contributed by atoms with Gasteiger partial charge in [0, 0.05) is 45.1 Å². The summed E-state index contributed by atoms with van der Waals surface area (Å²) in [5.74, 6) is 0.693. The van der Waals surface area contributed by atoms with E-state index in [1.165, 1.54) is 16.7 Å². The van der Waals surface area contributed by atoms with Crippen LogP contribution in [0, 0.1) is 12.8 Å². The maximum absolute atomic E-state index is 13.1. The minimum atomic E-state index is 0.00831. The third-order valence-electron chi connectivity index (χ3n) is 6.87. The van der Waals surface area contributed by atoms with Gasteiger partial charge in [-0.15, -0.1) is 5.10 Å². The third kappa shape index (κ3) is 4.05. The number of piperidine rings is 1. The minimum Gasteiger partial charge on any atom is -0.337 e. The molecular weight excluding hydrogens is 400 g/mol. The molecule has 0 radical (unpaired) electrons. The second-order valence-electron chi connectivity index (χ2n) is 9.14. The van der Waals surface area contributed by atoms with E-state index in [1.807, 2.05) is 28.9 Å². The van der Waals surface area contributed by atoms with E-state index >= 15 is 0 Å². The molecule has 4 heterocycles. The fourth-order valence-corrected chi connectivity index (χ4v) is 4.84. The Morgan fingerprint density at radius 2 is 1.88 bits per heavy atom. The van der Waals surface area contributed by atoms with Crippen molar-refractivity contribution in [3.05, 3.63) is 70.8 Å². The van der Waals surface area contributed by atoms with Gasteiger partial charge in [0.05, 0.1) is 11.4 Å². The van der Waals surface area contributed by atoms with Crippen LogP contribution in [0.1, 0.15) is 52.6 Å². The number of benzene rings is 1. The van der Waals surface area contributed by atoms with Gasteiger partial charge < -0.3 is 4.90 Å². The van der Waals surface area contributed by atoms with Crippen molar-refractivity contribution in [3.8, 4) is 5.69 Å². The van der Waals surface area contributed by atoms with Gasteiger partial charge in [0.15, 0.2) is 5.69 Å². The first kappa shape index (κ1) is 20.8. The van der Waals surface area contributed by atoms with Crippen LogP contribution in [0.25, 0.3) is 5.69 Å². The van der Waals surface area contributed by atoms with Gasteiger partial charge in [-0.3, -0.25) is 14.7 Å². The van der Waals surface area contributed by atoms with Crippen LogP contribution in [-0.4, -0.2) is 55.3 Å². The largest absolute Gasteiger partial charge is 0.337 e. The van der Waals surface area contributed by atoms with Crippen molar-refractivity contribution >= 4 is 5.91 Å². The molecule has 2 aliphatic heterocycles. The molecule has 7 nitrogen and oxygen atoms in total. The number of carbonyl (C=O) groups is 1. The molecule has 166 valence electrons. The van der Waals surface area contributed by atoms with Crippen LogP contribution in [-0.2, 0) is 19.5 Å². The van der Waals surface area contributed by atoms with E-state index in [4.69, 9.17) is 0 Å². The number of likely N-dealkylation sites (tertiary alicyclic amines) is 1. The summed E-state index contributed by atoms with van der Waals surface area (Å²) in [6, 6.07) is 10.5. The van der Waals surface area contributed by atoms with Crippen molar-refractivity contribution in [1.29, 1.82) is 0 Å². The Labute approximate surface area is 189 Å². The summed E-state index contributed by atoms with van der Waals surface area (Å²) >= 11 is 0. The van der Waals surface area contributed by atoms with E-state index in [0.29, 0.717) is 11.6 Å². The van der Waals surface area contributed by atoms with Crippen LogP contribution in [0.15, 0.2) is 42.7 Å². The number of rotatable bonds is 4. The molecule has 0 saturated carbocycles. The van der Waals surface area contributed by atoms with Crippen LogP contribution in [0.4, 0.5) is 0 Å². The summed E-state index contributed by atoms with van der Waals surface area (Å²) in [6.07, 6.45) is 6.76. The maximum atomic E-state index is 13.1. The molecule has 1 saturated heterocycles. The SMILES string of the molecule is Cc1c(C(=O)N2CCC(C)CC2)nnn1-c1cccc2c1CCN(Cc1ccncc1)C2. The van der Waals surface area contributed by atoms with Crippen molar-refractivity contribution in [2.75, 3.05) is 19.6 Å². The average Bonchev–Trinajstić information content (AvgIpc) is 3.20. The summed E-state index contributed by atoms with van der Waals surface area (Å²) in [6.45, 7) is 8.62. The minimum absolute atomic E-state index is 0.00831. The number of fused-ring (bicyclic) bond motifs is 1. The molecule has 2 aromatic heterocycles. The van der Waals surface area contributed by atoms with E-state index in [9.17, 15) is 4.79 Å². The standard InChI is InChI=1S/C25H30N6O/c1-18-8-14-30(15-9-18)25(32)24-19(2)31(28-27-24)23-5-3-4-21-17-29(13-10-22(21)23)16-20-6-11-26-12-7-20/h3-7,11-12,18H,8-10,13-17H2,1-2H3. The molecule has 0 bridgehead atoms. The number of hydrogen-bond donors (Lipinski definition) is 0. The first-order chi connectivity index (χ1) is 15.6. The molecule has 0 N–H and O–H groups in total. The topological polar surface area (TPSA) is 67.2 Å². The maximum Gasteiger partial charge on any atom is 0.276 e. The Morgan fingerprint density at radius 1 is 1.09 bits per heavy atom. The van der Waals surface area contributed by atoms with E-state index in [0.717, 1.165) is 63.4 Å². The molecule has 1 aromatic carbocycles. The molecule has 0 spiro atoms. The Bertz CT molecular complexity index is 1100. The first-order valence-corrected chi connectivity index (χ1v) is 11.5. The van der Waals surface area contributed by atoms with Crippen LogP contribution < -0.4 is 0 Å². The summed E-state index contributed by atoms with van der Waals surface area (Å²) < 4.78 is 1.86. The van der Waals surface area contributed by atoms with E-state index in [-0.39, 0.29) is 5.91 Å². The highest BCUT2D eigenvalue weighted by Gasteiger charge is 2.27. The molecule has 0 atom stereocenters. The van der Waals surface area contributed by atoms with Gasteiger partial charge in [0.2, 0.25) is 0 Å². The second kappa shape index (κ2) is 8.82. The zero-order valence-corrected chi connectivity index (χ0v) is 18.9. The first-order valence-electron chi connectivity index (χ1n) is 11.5. The van der Waals surface area contributed by atoms with Gasteiger partial charge in [0.1, 0.15) is 0 Å². The number of carbonyl (C=O) groups excluding carboxylic acids is 1. The van der Waals surface area contributed by atoms with Crippen molar-refractivity contribution in [2.45, 2.75) is 46.2 Å². The lowest BCUT2D eigenvalue weighted by Gasteiger charge is -2.30. The number of amides is 1. The van der Waals surface area contributed by atoms with Gasteiger partial charge in [-0.25, -0.2) is 4.68 Å². The van der Waals surface area contributed by atoms with Crippen LogP contribution in [0.5, 0.6) is 0 Å². The van der Waals surface area contributed by atoms with Gasteiger partial charge in [-0.05, 0) is 67.0 Å². The number of hydrogen-bond acceptors (Lipinski definition) is 5. The molecule has 1 fully saturated rings. The smallest absolute Gasteiger partial charge is 0.276 e. The number of pyridine rings is 1. The van der Waals surface area contributed by atoms with Crippen molar-refractivity contribution in [2.24, 2.45) is 5.92 Å². The summed E-state index contributed by atoms with van der Waals surface area (Å²) in [5, 5.41) is 8.72. The van der Waals surface area contributed by atoms with Crippen LogP contribution in [0.2, 0.25) is 0 Å². The Hall–Kier alpha value is -3.06. The highest BCUT2D eigenvalue weighted by molar-refractivity contribution is 5.93. The molecule has 7 heteroatoms. The summed E-state index contributed by atoms with van der Waals surface area (Å²) in [5.41, 5.74) is 6.24. The second-order valence-corrected chi connectivity index (χ2v) is 9.14. The van der Waals surface area contributed by atoms with Crippen molar-refractivity contribution in [3.63, 3.8) is 0 Å². The van der Waals surface area contributed by atoms with Crippen molar-refractivity contribution < 1.29 is 4.79 Å². The zero-order chi connectivity index (χ0) is 22.1. The normalized spacial score (nSPS) is 17.4. The monoisotopic (exact) mass is 430 g/mol. The Kier molecular flexibility index (Phi) is 5.74. The van der Waals surface area contributed by atoms with E-state index in [1.54, 1.807) is 0 Å². The molecule has 0 aliphatic carbocycles. The fourth-order valence-electron chi connectivity index (χ4n) is 4.84. The van der Waals surface area contributed by atoms with E-state index in [2.05, 4.69) is 57.5 Å². The molecule has 2 aliphatic rings. The summed E-state index contributed by atoms with van der Waals surface area (Å²) in [7, 11) is 0. The molecule has 1 amide bonds. The van der Waals surface area contributed by atoms with E-state index < -0.39 is 0 Å². The highest BCUT2D eigenvalue weighted by Crippen LogP contribution is 2.27.